The second-order valence-electron chi connectivity index (χ2n) is 21.7. The number of hydrogen-bond donors (Lipinski definition) is 3. The molecule has 0 heterocycles. The minimum absolute atomic E-state index is 0.0138. The fraction of sp³-hybridized carbons (Fsp3) is 0.906. The minimum atomic E-state index is -0.855. The molecule has 0 spiro atoms. The predicted molar refractivity (Wildman–Crippen MR) is 306 cm³/mol. The van der Waals surface area contributed by atoms with E-state index < -0.39 is 12.1 Å². The van der Waals surface area contributed by atoms with Crippen LogP contribution < -0.4 is 5.32 Å². The molecule has 0 aromatic heterocycles. The normalized spacial score (nSPS) is 12.7. The van der Waals surface area contributed by atoms with Gasteiger partial charge in [0.05, 0.1) is 25.4 Å². The molecule has 0 aromatic carbocycles. The molecule has 0 fully saturated rings. The van der Waals surface area contributed by atoms with Crippen LogP contribution in [0, 0.1) is 0 Å². The number of rotatable bonds is 59. The quantitative estimate of drug-likeness (QED) is 0.0321. The summed E-state index contributed by atoms with van der Waals surface area (Å²) in [5, 5.41) is 23.2. The van der Waals surface area contributed by atoms with Crippen LogP contribution >= 0.6 is 0 Å². The Labute approximate surface area is 437 Å². The summed E-state index contributed by atoms with van der Waals surface area (Å²) in [6.45, 7) is 4.89. The summed E-state index contributed by atoms with van der Waals surface area (Å²) >= 11 is 0. The summed E-state index contributed by atoms with van der Waals surface area (Å²) in [6.07, 6.45) is 73.6. The van der Waals surface area contributed by atoms with Gasteiger partial charge in [-0.25, -0.2) is 0 Å². The highest BCUT2D eigenvalue weighted by molar-refractivity contribution is 5.76. The molecule has 0 rings (SSSR count). The largest absolute Gasteiger partial charge is 0.466 e. The summed E-state index contributed by atoms with van der Waals surface area (Å²) < 4.78 is 5.47. The van der Waals surface area contributed by atoms with E-state index in [0.717, 1.165) is 57.8 Å². The first kappa shape index (κ1) is 68.3. The lowest BCUT2D eigenvalue weighted by Gasteiger charge is -2.20. The topological polar surface area (TPSA) is 95.9 Å². The number of nitrogens with one attached hydrogen (secondary N) is 1. The Bertz CT molecular complexity index is 1090. The molecule has 2 atom stereocenters. The van der Waals surface area contributed by atoms with Gasteiger partial charge in [-0.1, -0.05) is 301 Å². The Kier molecular flexibility index (Phi) is 58.5. The van der Waals surface area contributed by atoms with E-state index in [4.69, 9.17) is 4.74 Å². The maximum atomic E-state index is 12.5. The van der Waals surface area contributed by atoms with Crippen molar-refractivity contribution in [2.75, 3.05) is 13.2 Å². The van der Waals surface area contributed by atoms with Gasteiger partial charge < -0.3 is 20.3 Å². The number of hydrogen-bond acceptors (Lipinski definition) is 5. The van der Waals surface area contributed by atoms with Gasteiger partial charge >= 0.3 is 5.97 Å². The van der Waals surface area contributed by atoms with Crippen molar-refractivity contribution in [3.05, 3.63) is 24.3 Å². The van der Waals surface area contributed by atoms with Crippen LogP contribution in [0.2, 0.25) is 0 Å². The van der Waals surface area contributed by atoms with E-state index in [1.807, 2.05) is 6.08 Å². The number of carbonyl (C=O) groups excluding carboxylic acids is 2. The molecule has 70 heavy (non-hydrogen) atoms. The molecule has 0 saturated carbocycles. The molecule has 1 amide bonds. The van der Waals surface area contributed by atoms with Gasteiger partial charge in [-0.15, -0.1) is 0 Å². The first-order valence-electron chi connectivity index (χ1n) is 31.6. The van der Waals surface area contributed by atoms with E-state index in [-0.39, 0.29) is 18.5 Å². The fourth-order valence-electron chi connectivity index (χ4n) is 9.87. The molecule has 0 aromatic rings. The van der Waals surface area contributed by atoms with Crippen molar-refractivity contribution in [1.29, 1.82) is 0 Å². The van der Waals surface area contributed by atoms with E-state index in [9.17, 15) is 19.8 Å². The van der Waals surface area contributed by atoms with Gasteiger partial charge in [0.15, 0.2) is 0 Å². The van der Waals surface area contributed by atoms with E-state index in [1.165, 1.54) is 263 Å². The van der Waals surface area contributed by atoms with Crippen LogP contribution in [0.25, 0.3) is 0 Å². The number of aliphatic hydroxyl groups is 2. The van der Waals surface area contributed by atoms with Crippen molar-refractivity contribution in [3.63, 3.8) is 0 Å². The van der Waals surface area contributed by atoms with Crippen LogP contribution in [0.3, 0.4) is 0 Å². The van der Waals surface area contributed by atoms with E-state index in [2.05, 4.69) is 31.3 Å². The first-order chi connectivity index (χ1) is 34.5. The summed E-state index contributed by atoms with van der Waals surface area (Å²) in [5.41, 5.74) is 0. The molecule has 0 radical (unpaired) electrons. The molecule has 6 nitrogen and oxygen atoms in total. The fourth-order valence-corrected chi connectivity index (χ4v) is 9.87. The molecule has 2 unspecified atom stereocenters. The minimum Gasteiger partial charge on any atom is -0.466 e. The van der Waals surface area contributed by atoms with Crippen molar-refractivity contribution in [3.8, 4) is 0 Å². The van der Waals surface area contributed by atoms with Crippen LogP contribution in [0.4, 0.5) is 0 Å². The maximum absolute atomic E-state index is 12.5. The van der Waals surface area contributed by atoms with Gasteiger partial charge in [-0.05, 0) is 57.8 Å². The molecule has 0 aliphatic carbocycles. The Morgan fingerprint density at radius 3 is 1.01 bits per heavy atom. The van der Waals surface area contributed by atoms with Gasteiger partial charge in [-0.3, -0.25) is 9.59 Å². The van der Waals surface area contributed by atoms with Crippen LogP contribution in [0.15, 0.2) is 24.3 Å². The standard InChI is InChI=1S/C64H123NO5/c1-3-5-7-9-11-13-15-17-19-20-21-22-23-24-25-26-27-28-30-32-36-40-44-48-52-56-62(67)61(60-66)65-63(68)57-53-49-45-41-37-33-31-35-39-43-47-51-55-59-70-64(69)58-54-50-46-42-38-34-29-18-16-14-12-10-8-6-4-2/h18,29,52,56,61-62,66-67H,3-17,19-28,30-51,53-55,57-60H2,1-2H3,(H,65,68)/b29-18-,56-52+. The van der Waals surface area contributed by atoms with Crippen molar-refractivity contribution in [2.24, 2.45) is 0 Å². The lowest BCUT2D eigenvalue weighted by Crippen LogP contribution is -2.45. The van der Waals surface area contributed by atoms with Crippen molar-refractivity contribution in [1.82, 2.24) is 5.32 Å². The number of unbranched alkanes of at least 4 members (excludes halogenated alkanes) is 46. The molecular formula is C64H123NO5. The van der Waals surface area contributed by atoms with Crippen LogP contribution in [0.5, 0.6) is 0 Å². The third-order valence-electron chi connectivity index (χ3n) is 14.7. The van der Waals surface area contributed by atoms with Crippen molar-refractivity contribution in [2.45, 2.75) is 360 Å². The third-order valence-corrected chi connectivity index (χ3v) is 14.7. The highest BCUT2D eigenvalue weighted by Crippen LogP contribution is 2.18. The van der Waals surface area contributed by atoms with Crippen LogP contribution in [-0.4, -0.2) is 47.4 Å². The van der Waals surface area contributed by atoms with Crippen LogP contribution in [0.1, 0.15) is 348 Å². The van der Waals surface area contributed by atoms with E-state index >= 15 is 0 Å². The second-order valence-corrected chi connectivity index (χ2v) is 21.7. The van der Waals surface area contributed by atoms with Gasteiger partial charge in [0.2, 0.25) is 5.91 Å². The molecule has 0 saturated heterocycles. The third kappa shape index (κ3) is 55.7. The maximum Gasteiger partial charge on any atom is 0.305 e. The lowest BCUT2D eigenvalue weighted by atomic mass is 10.0. The highest BCUT2D eigenvalue weighted by atomic mass is 16.5. The number of aliphatic hydroxyl groups excluding tert-OH is 2. The zero-order valence-electron chi connectivity index (χ0n) is 47.3. The SMILES string of the molecule is CCCCCCCC/C=C\CCCCCCCC(=O)OCCCCCCCCCCCCCCCC(=O)NC(CO)C(O)/C=C/CCCCCCCCCCCCCCCCCCCCCCCCC. The summed E-state index contributed by atoms with van der Waals surface area (Å²) in [4.78, 5) is 24.6. The number of ether oxygens (including phenoxy) is 1. The van der Waals surface area contributed by atoms with Gasteiger partial charge in [-0.2, -0.15) is 0 Å². The summed E-state index contributed by atoms with van der Waals surface area (Å²) in [7, 11) is 0. The average molecular weight is 987 g/mol. The van der Waals surface area contributed by atoms with Crippen molar-refractivity contribution >= 4 is 11.9 Å². The zero-order chi connectivity index (χ0) is 50.7. The monoisotopic (exact) mass is 986 g/mol. The predicted octanol–water partition coefficient (Wildman–Crippen LogP) is 19.8. The Morgan fingerprint density at radius 1 is 0.386 bits per heavy atom. The van der Waals surface area contributed by atoms with Crippen molar-refractivity contribution < 1.29 is 24.5 Å². The Hall–Kier alpha value is -1.66. The average Bonchev–Trinajstić information content (AvgIpc) is 3.36. The number of carbonyl (C=O) groups is 2. The molecule has 3 N–H and O–H groups in total. The smallest absolute Gasteiger partial charge is 0.305 e. The molecule has 0 bridgehead atoms. The number of esters is 1. The Balaban J connectivity index is 3.47. The molecular weight excluding hydrogens is 863 g/mol. The van der Waals surface area contributed by atoms with E-state index in [1.54, 1.807) is 6.08 Å². The molecule has 6 heteroatoms. The van der Waals surface area contributed by atoms with Gasteiger partial charge in [0.1, 0.15) is 0 Å². The molecule has 0 aliphatic heterocycles. The summed E-state index contributed by atoms with van der Waals surface area (Å²) in [6, 6.07) is -0.639. The van der Waals surface area contributed by atoms with E-state index in [0.29, 0.717) is 19.4 Å². The molecule has 0 aliphatic rings. The first-order valence-corrected chi connectivity index (χ1v) is 31.6. The molecule has 414 valence electrons. The number of allylic oxidation sites excluding steroid dienone is 3. The van der Waals surface area contributed by atoms with Gasteiger partial charge in [0, 0.05) is 12.8 Å². The van der Waals surface area contributed by atoms with Crippen LogP contribution in [-0.2, 0) is 14.3 Å². The number of amides is 1. The second kappa shape index (κ2) is 59.9. The zero-order valence-corrected chi connectivity index (χ0v) is 47.3. The Morgan fingerprint density at radius 2 is 0.671 bits per heavy atom. The highest BCUT2D eigenvalue weighted by Gasteiger charge is 2.18. The van der Waals surface area contributed by atoms with Gasteiger partial charge in [0.25, 0.3) is 0 Å². The summed E-state index contributed by atoms with van der Waals surface area (Å²) in [5.74, 6) is -0.0913. The lowest BCUT2D eigenvalue weighted by molar-refractivity contribution is -0.143.